The summed E-state index contributed by atoms with van der Waals surface area (Å²) >= 11 is 0. The molecule has 0 radical (unpaired) electrons. The summed E-state index contributed by atoms with van der Waals surface area (Å²) in [5, 5.41) is 3.44. The largest absolute Gasteiger partial charge is 0.378 e. The SMILES string of the molecule is CCc1ccc(CNc2cnccc2N(C)C)cc1. The lowest BCUT2D eigenvalue weighted by atomic mass is 10.1. The van der Waals surface area contributed by atoms with E-state index >= 15 is 0 Å². The molecule has 1 heterocycles. The van der Waals surface area contributed by atoms with Gasteiger partial charge in [0.05, 0.1) is 17.6 Å². The first-order valence-electron chi connectivity index (χ1n) is 6.63. The van der Waals surface area contributed by atoms with Crippen molar-refractivity contribution < 1.29 is 0 Å². The maximum Gasteiger partial charge on any atom is 0.0766 e. The average Bonchev–Trinajstić information content (AvgIpc) is 2.46. The summed E-state index contributed by atoms with van der Waals surface area (Å²) < 4.78 is 0. The van der Waals surface area contributed by atoms with E-state index in [9.17, 15) is 0 Å². The Morgan fingerprint density at radius 2 is 1.74 bits per heavy atom. The molecule has 1 N–H and O–H groups in total. The molecule has 3 heteroatoms. The van der Waals surface area contributed by atoms with Crippen LogP contribution in [0.1, 0.15) is 18.1 Å². The molecule has 0 aliphatic rings. The number of hydrogen-bond donors (Lipinski definition) is 1. The predicted molar refractivity (Wildman–Crippen MR) is 81.7 cm³/mol. The molecule has 0 bridgehead atoms. The van der Waals surface area contributed by atoms with Gasteiger partial charge in [-0.25, -0.2) is 0 Å². The van der Waals surface area contributed by atoms with Crippen LogP contribution in [0.3, 0.4) is 0 Å². The molecule has 0 unspecified atom stereocenters. The third kappa shape index (κ3) is 3.47. The molecule has 0 aliphatic heterocycles. The molecular weight excluding hydrogens is 234 g/mol. The molecule has 2 rings (SSSR count). The van der Waals surface area contributed by atoms with Crippen molar-refractivity contribution in [2.45, 2.75) is 19.9 Å². The van der Waals surface area contributed by atoms with Crippen molar-refractivity contribution in [3.05, 3.63) is 53.9 Å². The van der Waals surface area contributed by atoms with E-state index in [2.05, 4.69) is 46.4 Å². The fourth-order valence-electron chi connectivity index (χ4n) is 2.00. The van der Waals surface area contributed by atoms with Crippen molar-refractivity contribution in [2.24, 2.45) is 0 Å². The summed E-state index contributed by atoms with van der Waals surface area (Å²) in [5.74, 6) is 0. The highest BCUT2D eigenvalue weighted by Gasteiger charge is 2.03. The Kier molecular flexibility index (Phi) is 4.39. The highest BCUT2D eigenvalue weighted by atomic mass is 15.1. The van der Waals surface area contributed by atoms with Crippen LogP contribution < -0.4 is 10.2 Å². The molecule has 0 spiro atoms. The molecule has 19 heavy (non-hydrogen) atoms. The van der Waals surface area contributed by atoms with Gasteiger partial charge in [-0.15, -0.1) is 0 Å². The van der Waals surface area contributed by atoms with Gasteiger partial charge in [-0.05, 0) is 23.6 Å². The van der Waals surface area contributed by atoms with Gasteiger partial charge in [-0.2, -0.15) is 0 Å². The summed E-state index contributed by atoms with van der Waals surface area (Å²) in [7, 11) is 4.08. The van der Waals surface area contributed by atoms with Crippen molar-refractivity contribution in [1.82, 2.24) is 4.98 Å². The van der Waals surface area contributed by atoms with Crippen molar-refractivity contribution in [1.29, 1.82) is 0 Å². The zero-order chi connectivity index (χ0) is 13.7. The topological polar surface area (TPSA) is 28.2 Å². The molecule has 0 saturated carbocycles. The number of hydrogen-bond acceptors (Lipinski definition) is 3. The van der Waals surface area contributed by atoms with E-state index in [0.717, 1.165) is 24.3 Å². The molecule has 100 valence electrons. The van der Waals surface area contributed by atoms with Gasteiger partial charge in [-0.1, -0.05) is 31.2 Å². The monoisotopic (exact) mass is 255 g/mol. The Labute approximate surface area is 115 Å². The first-order valence-corrected chi connectivity index (χ1v) is 6.63. The van der Waals surface area contributed by atoms with E-state index in [0.29, 0.717) is 0 Å². The van der Waals surface area contributed by atoms with Crippen LogP contribution in [0.15, 0.2) is 42.7 Å². The molecule has 1 aromatic carbocycles. The molecule has 0 saturated heterocycles. The molecule has 0 aliphatic carbocycles. The van der Waals surface area contributed by atoms with Crippen LogP contribution in [-0.4, -0.2) is 19.1 Å². The third-order valence-electron chi connectivity index (χ3n) is 3.19. The first-order chi connectivity index (χ1) is 9.20. The number of nitrogens with zero attached hydrogens (tertiary/aromatic N) is 2. The predicted octanol–water partition coefficient (Wildman–Crippen LogP) is 3.32. The maximum absolute atomic E-state index is 4.18. The van der Waals surface area contributed by atoms with Crippen molar-refractivity contribution in [3.63, 3.8) is 0 Å². The average molecular weight is 255 g/mol. The molecule has 2 aromatic rings. The van der Waals surface area contributed by atoms with Gasteiger partial charge in [0.15, 0.2) is 0 Å². The summed E-state index contributed by atoms with van der Waals surface area (Å²) in [6.45, 7) is 2.99. The highest BCUT2D eigenvalue weighted by molar-refractivity contribution is 5.68. The van der Waals surface area contributed by atoms with Crippen LogP contribution in [-0.2, 0) is 13.0 Å². The van der Waals surface area contributed by atoms with Crippen molar-refractivity contribution in [2.75, 3.05) is 24.3 Å². The van der Waals surface area contributed by atoms with Crippen LogP contribution >= 0.6 is 0 Å². The lowest BCUT2D eigenvalue weighted by molar-refractivity contribution is 1.08. The van der Waals surface area contributed by atoms with Crippen LogP contribution in [0, 0.1) is 0 Å². The van der Waals surface area contributed by atoms with Crippen LogP contribution in [0.4, 0.5) is 11.4 Å². The Bertz CT molecular complexity index is 518. The van der Waals surface area contributed by atoms with E-state index in [4.69, 9.17) is 0 Å². The van der Waals surface area contributed by atoms with Crippen LogP contribution in [0.5, 0.6) is 0 Å². The standard InChI is InChI=1S/C16H21N3/c1-4-13-5-7-14(8-6-13)11-18-15-12-17-10-9-16(15)19(2)3/h5-10,12,18H,4,11H2,1-3H3. The van der Waals surface area contributed by atoms with Crippen LogP contribution in [0.25, 0.3) is 0 Å². The second-order valence-electron chi connectivity index (χ2n) is 4.81. The lowest BCUT2D eigenvalue weighted by Gasteiger charge is -2.17. The Hall–Kier alpha value is -2.03. The summed E-state index contributed by atoms with van der Waals surface area (Å²) in [6.07, 6.45) is 4.77. The molecule has 3 nitrogen and oxygen atoms in total. The number of anilines is 2. The number of pyridine rings is 1. The number of nitrogens with one attached hydrogen (secondary N) is 1. The summed E-state index contributed by atoms with van der Waals surface area (Å²) in [5.41, 5.74) is 4.87. The third-order valence-corrected chi connectivity index (χ3v) is 3.19. The smallest absolute Gasteiger partial charge is 0.0766 e. The Morgan fingerprint density at radius 1 is 1.05 bits per heavy atom. The minimum Gasteiger partial charge on any atom is -0.378 e. The number of rotatable bonds is 5. The lowest BCUT2D eigenvalue weighted by Crippen LogP contribution is -2.12. The van der Waals surface area contributed by atoms with Gasteiger partial charge in [0.2, 0.25) is 0 Å². The number of aromatic nitrogens is 1. The number of aryl methyl sites for hydroxylation is 1. The molecule has 1 aromatic heterocycles. The second-order valence-corrected chi connectivity index (χ2v) is 4.81. The number of benzene rings is 1. The molecule has 0 fully saturated rings. The quantitative estimate of drug-likeness (QED) is 0.888. The fourth-order valence-corrected chi connectivity index (χ4v) is 2.00. The van der Waals surface area contributed by atoms with E-state index in [1.807, 2.05) is 32.6 Å². The van der Waals surface area contributed by atoms with Gasteiger partial charge in [0.1, 0.15) is 0 Å². The van der Waals surface area contributed by atoms with Crippen molar-refractivity contribution >= 4 is 11.4 Å². The van der Waals surface area contributed by atoms with E-state index in [1.165, 1.54) is 11.1 Å². The van der Waals surface area contributed by atoms with Gasteiger partial charge in [0.25, 0.3) is 0 Å². The maximum atomic E-state index is 4.18. The van der Waals surface area contributed by atoms with E-state index in [1.54, 1.807) is 0 Å². The second kappa shape index (κ2) is 6.23. The van der Waals surface area contributed by atoms with Gasteiger partial charge < -0.3 is 10.2 Å². The normalized spacial score (nSPS) is 10.3. The fraction of sp³-hybridized carbons (Fsp3) is 0.312. The zero-order valence-electron chi connectivity index (χ0n) is 11.9. The van der Waals surface area contributed by atoms with Crippen LogP contribution in [0.2, 0.25) is 0 Å². The molecule has 0 atom stereocenters. The molecular formula is C16H21N3. The minimum absolute atomic E-state index is 0.816. The highest BCUT2D eigenvalue weighted by Crippen LogP contribution is 2.22. The molecule has 0 amide bonds. The van der Waals surface area contributed by atoms with Gasteiger partial charge in [-0.3, -0.25) is 4.98 Å². The minimum atomic E-state index is 0.816. The Balaban J connectivity index is 2.05. The summed E-state index contributed by atoms with van der Waals surface area (Å²) in [4.78, 5) is 6.27. The van der Waals surface area contributed by atoms with Gasteiger partial charge >= 0.3 is 0 Å². The van der Waals surface area contributed by atoms with E-state index < -0.39 is 0 Å². The van der Waals surface area contributed by atoms with E-state index in [-0.39, 0.29) is 0 Å². The Morgan fingerprint density at radius 3 is 2.37 bits per heavy atom. The van der Waals surface area contributed by atoms with Crippen molar-refractivity contribution in [3.8, 4) is 0 Å². The zero-order valence-corrected chi connectivity index (χ0v) is 11.9. The summed E-state index contributed by atoms with van der Waals surface area (Å²) in [6, 6.07) is 10.7. The van der Waals surface area contributed by atoms with Gasteiger partial charge in [0, 0.05) is 26.8 Å². The first kappa shape index (κ1) is 13.4.